The Balaban J connectivity index is 1.86. The predicted octanol–water partition coefficient (Wildman–Crippen LogP) is 5.70. The van der Waals surface area contributed by atoms with Crippen molar-refractivity contribution in [3.8, 4) is 34.1 Å². The van der Waals surface area contributed by atoms with Gasteiger partial charge in [0.1, 0.15) is 5.82 Å². The van der Waals surface area contributed by atoms with Crippen molar-refractivity contribution in [1.29, 1.82) is 0 Å². The average Bonchev–Trinajstić information content (AvgIpc) is 2.97. The molecule has 3 aromatic rings. The van der Waals surface area contributed by atoms with Crippen molar-refractivity contribution < 1.29 is 31.3 Å². The van der Waals surface area contributed by atoms with Crippen LogP contribution >= 0.6 is 12.1 Å². The molecule has 1 aliphatic rings. The van der Waals surface area contributed by atoms with E-state index in [1.807, 2.05) is 30.5 Å². The lowest BCUT2D eigenvalue weighted by Gasteiger charge is -2.16. The zero-order valence-electron chi connectivity index (χ0n) is 18.8. The maximum Gasteiger partial charge on any atom is 0.573 e. The van der Waals surface area contributed by atoms with Crippen molar-refractivity contribution >= 4 is 12.1 Å². The average molecular weight is 498 g/mol. The number of methoxy groups -OCH3 is 1. The molecule has 0 spiro atoms. The van der Waals surface area contributed by atoms with E-state index in [2.05, 4.69) is 9.72 Å². The van der Waals surface area contributed by atoms with Crippen molar-refractivity contribution in [3.63, 3.8) is 0 Å². The van der Waals surface area contributed by atoms with Crippen molar-refractivity contribution in [3.05, 3.63) is 47.4 Å². The number of aromatic nitrogens is 3. The summed E-state index contributed by atoms with van der Waals surface area (Å²) in [6.07, 6.45) is -4.69. The highest BCUT2D eigenvalue weighted by molar-refractivity contribution is 7.94. The molecule has 0 unspecified atom stereocenters. The molecule has 3 heterocycles. The normalized spacial score (nSPS) is 16.1. The number of rotatable bonds is 6. The molecule has 0 radical (unpaired) electrons. The third-order valence-electron chi connectivity index (χ3n) is 5.40. The Morgan fingerprint density at radius 2 is 1.82 bits per heavy atom. The number of nitrogens with zero attached hydrogens (tertiary/aromatic N) is 3. The molecule has 0 saturated carbocycles. The number of imidazole rings is 1. The molecular weight excluding hydrogens is 474 g/mol. The van der Waals surface area contributed by atoms with Gasteiger partial charge in [-0.1, -0.05) is 0 Å². The molecule has 4 rings (SSSR count). The molecule has 6 nitrogen and oxygen atoms in total. The predicted molar refractivity (Wildman–Crippen MR) is 121 cm³/mol. The molecule has 0 bridgehead atoms. The Labute approximate surface area is 198 Å². The van der Waals surface area contributed by atoms with Crippen LogP contribution in [0.15, 0.2) is 30.3 Å². The molecule has 1 atom stereocenters. The van der Waals surface area contributed by atoms with Crippen LogP contribution in [0.5, 0.6) is 11.5 Å². The fourth-order valence-electron chi connectivity index (χ4n) is 4.12. The molecule has 11 heteroatoms. The van der Waals surface area contributed by atoms with Gasteiger partial charge in [-0.3, -0.25) is 4.98 Å². The second-order valence-corrected chi connectivity index (χ2v) is 8.46. The van der Waals surface area contributed by atoms with Crippen LogP contribution in [0.25, 0.3) is 22.6 Å². The van der Waals surface area contributed by atoms with Gasteiger partial charge in [-0.2, -0.15) is 3.89 Å². The van der Waals surface area contributed by atoms with E-state index in [0.717, 1.165) is 28.3 Å². The number of ether oxygens (including phenoxy) is 3. The first-order chi connectivity index (χ1) is 16.2. The molecule has 0 N–H and O–H groups in total. The van der Waals surface area contributed by atoms with Gasteiger partial charge in [0.25, 0.3) is 0 Å². The van der Waals surface area contributed by atoms with Crippen LogP contribution in [-0.4, -0.2) is 46.5 Å². The van der Waals surface area contributed by atoms with Crippen LogP contribution in [0.3, 0.4) is 0 Å². The zero-order chi connectivity index (χ0) is 24.5. The van der Waals surface area contributed by atoms with E-state index in [-0.39, 0.29) is 29.8 Å². The van der Waals surface area contributed by atoms with Gasteiger partial charge in [-0.15, -0.1) is 13.2 Å². The number of hydrogen-bond donors (Lipinski definition) is 0. The standard InChI is InChI=1S/C23H23F4N3O3S/c1-13-8-16(9-14(2)28-13)21-18-6-7-32-17(12-34-27)11-30(18)22(29-21)15-4-5-19(20(10-15)31-3)33-23(24,25)26/h4-5,8-10,17H,6-7,11-12H2,1-3H3/t17-/m0/s1. The van der Waals surface area contributed by atoms with Crippen LogP contribution < -0.4 is 9.47 Å². The van der Waals surface area contributed by atoms with E-state index < -0.39 is 12.1 Å². The maximum atomic E-state index is 13.0. The number of pyridine rings is 1. The van der Waals surface area contributed by atoms with E-state index in [1.165, 1.54) is 25.3 Å². The molecule has 0 fully saturated rings. The molecule has 1 aromatic carbocycles. The van der Waals surface area contributed by atoms with E-state index >= 15 is 0 Å². The van der Waals surface area contributed by atoms with Crippen LogP contribution in [0.4, 0.5) is 17.1 Å². The number of fused-ring (bicyclic) bond motifs is 1. The Bertz CT molecular complexity index is 1160. The minimum absolute atomic E-state index is 0.0786. The molecule has 2 aromatic heterocycles. The lowest BCUT2D eigenvalue weighted by atomic mass is 10.1. The van der Waals surface area contributed by atoms with E-state index in [4.69, 9.17) is 14.5 Å². The quantitative estimate of drug-likeness (QED) is 0.408. The van der Waals surface area contributed by atoms with E-state index in [9.17, 15) is 17.1 Å². The van der Waals surface area contributed by atoms with Gasteiger partial charge in [-0.05, 0) is 44.2 Å². The van der Waals surface area contributed by atoms with Crippen molar-refractivity contribution in [2.75, 3.05) is 19.5 Å². The molecule has 0 amide bonds. The first kappa shape index (κ1) is 24.3. The van der Waals surface area contributed by atoms with Gasteiger partial charge < -0.3 is 18.8 Å². The SMILES string of the molecule is COc1cc(-c2nc(-c3cc(C)nc(C)c3)c3n2C[C@@H](CSF)OCC3)ccc1OC(F)(F)F. The Morgan fingerprint density at radius 1 is 1.09 bits per heavy atom. The van der Waals surface area contributed by atoms with Crippen molar-refractivity contribution in [2.45, 2.75) is 39.3 Å². The van der Waals surface area contributed by atoms with Crippen molar-refractivity contribution in [1.82, 2.24) is 14.5 Å². The van der Waals surface area contributed by atoms with E-state index in [0.29, 0.717) is 31.0 Å². The lowest BCUT2D eigenvalue weighted by molar-refractivity contribution is -0.275. The summed E-state index contributed by atoms with van der Waals surface area (Å²) in [5.74, 6) is 0.150. The maximum absolute atomic E-state index is 13.0. The molecule has 0 aliphatic carbocycles. The van der Waals surface area contributed by atoms with Gasteiger partial charge >= 0.3 is 6.36 Å². The largest absolute Gasteiger partial charge is 0.573 e. The second-order valence-electron chi connectivity index (χ2n) is 7.91. The Hall–Kier alpha value is -2.79. The first-order valence-electron chi connectivity index (χ1n) is 10.5. The van der Waals surface area contributed by atoms with Crippen LogP contribution in [0.2, 0.25) is 0 Å². The van der Waals surface area contributed by atoms with E-state index in [1.54, 1.807) is 0 Å². The topological polar surface area (TPSA) is 58.4 Å². The summed E-state index contributed by atoms with van der Waals surface area (Å²) in [7, 11) is 1.27. The van der Waals surface area contributed by atoms with Crippen molar-refractivity contribution in [2.24, 2.45) is 0 Å². The minimum Gasteiger partial charge on any atom is -0.493 e. The second kappa shape index (κ2) is 9.83. The molecule has 1 aliphatic heterocycles. The highest BCUT2D eigenvalue weighted by atomic mass is 32.2. The Morgan fingerprint density at radius 3 is 2.47 bits per heavy atom. The van der Waals surface area contributed by atoms with Gasteiger partial charge in [0.05, 0.1) is 37.8 Å². The molecule has 182 valence electrons. The Kier molecular flexibility index (Phi) is 7.04. The number of hydrogen-bond acceptors (Lipinski definition) is 6. The lowest BCUT2D eigenvalue weighted by Crippen LogP contribution is -2.21. The smallest absolute Gasteiger partial charge is 0.493 e. The summed E-state index contributed by atoms with van der Waals surface area (Å²) in [5, 5.41) is 0. The molecular formula is C23H23F4N3O3S. The fourth-order valence-corrected chi connectivity index (χ4v) is 4.47. The van der Waals surface area contributed by atoms with Gasteiger partial charge in [-0.25, -0.2) is 4.98 Å². The summed E-state index contributed by atoms with van der Waals surface area (Å²) in [4.78, 5) is 9.32. The summed E-state index contributed by atoms with van der Waals surface area (Å²) < 4.78 is 68.4. The number of benzene rings is 1. The van der Waals surface area contributed by atoms with Gasteiger partial charge in [0.15, 0.2) is 11.5 Å². The zero-order valence-corrected chi connectivity index (χ0v) is 19.6. The fraction of sp³-hybridized carbons (Fsp3) is 0.391. The first-order valence-corrected chi connectivity index (χ1v) is 11.4. The van der Waals surface area contributed by atoms with Crippen LogP contribution in [0, 0.1) is 13.8 Å². The van der Waals surface area contributed by atoms with Crippen LogP contribution in [-0.2, 0) is 17.7 Å². The summed E-state index contributed by atoms with van der Waals surface area (Å²) in [6.45, 7) is 4.54. The highest BCUT2D eigenvalue weighted by Crippen LogP contribution is 2.38. The van der Waals surface area contributed by atoms with Gasteiger partial charge in [0, 0.05) is 46.8 Å². The third-order valence-corrected chi connectivity index (χ3v) is 5.90. The summed E-state index contributed by atoms with van der Waals surface area (Å²) >= 11 is 0.204. The molecule has 34 heavy (non-hydrogen) atoms. The summed E-state index contributed by atoms with van der Waals surface area (Å²) in [6, 6.07) is 8.01. The van der Waals surface area contributed by atoms with Gasteiger partial charge in [0.2, 0.25) is 0 Å². The number of halogens is 4. The number of aryl methyl sites for hydroxylation is 2. The van der Waals surface area contributed by atoms with Crippen LogP contribution in [0.1, 0.15) is 17.1 Å². The minimum atomic E-state index is -4.85. The molecule has 0 saturated heterocycles. The number of alkyl halides is 3. The highest BCUT2D eigenvalue weighted by Gasteiger charge is 2.33. The monoisotopic (exact) mass is 497 g/mol. The third kappa shape index (κ3) is 5.30. The summed E-state index contributed by atoms with van der Waals surface area (Å²) in [5.41, 5.74) is 4.73.